The van der Waals surface area contributed by atoms with Gasteiger partial charge in [-0.15, -0.1) is 0 Å². The molecule has 0 atom stereocenters. The van der Waals surface area contributed by atoms with Gasteiger partial charge in [0.2, 0.25) is 0 Å². The smallest absolute Gasteiger partial charge is 0.269 e. The molecule has 0 saturated carbocycles. The first-order valence-corrected chi connectivity index (χ1v) is 9.83. The number of Topliss-reactive ketones (excluding diaryl/α,β-unsaturated/α-hetero) is 1. The van der Waals surface area contributed by atoms with Gasteiger partial charge in [0.15, 0.2) is 5.78 Å². The number of nitro groups is 1. The van der Waals surface area contributed by atoms with Crippen LogP contribution in [0.5, 0.6) is 23.0 Å². The summed E-state index contributed by atoms with van der Waals surface area (Å²) in [4.78, 5) is 22.7. The molecule has 0 unspecified atom stereocenters. The van der Waals surface area contributed by atoms with E-state index in [9.17, 15) is 14.9 Å². The van der Waals surface area contributed by atoms with Crippen molar-refractivity contribution in [3.8, 4) is 23.0 Å². The summed E-state index contributed by atoms with van der Waals surface area (Å²) in [6, 6.07) is 9.05. The molecule has 0 N–H and O–H groups in total. The minimum absolute atomic E-state index is 0.0376. The van der Waals surface area contributed by atoms with E-state index in [0.717, 1.165) is 25.7 Å². The number of hydrogen-bond acceptors (Lipinski definition) is 6. The maximum atomic E-state index is 12.3. The molecule has 0 aliphatic rings. The molecule has 2 aromatic carbocycles. The number of benzene rings is 2. The third kappa shape index (κ3) is 6.48. The van der Waals surface area contributed by atoms with Crippen molar-refractivity contribution < 1.29 is 23.9 Å². The van der Waals surface area contributed by atoms with Crippen LogP contribution in [-0.2, 0) is 0 Å². The molecule has 2 rings (SSSR count). The summed E-state index contributed by atoms with van der Waals surface area (Å²) in [6.07, 6.45) is 3.72. The number of nitrogens with zero attached hydrogens (tertiary/aromatic N) is 1. The molecular formula is C22H27NO6. The first-order chi connectivity index (χ1) is 14.0. The monoisotopic (exact) mass is 401 g/mol. The van der Waals surface area contributed by atoms with E-state index < -0.39 is 4.92 Å². The van der Waals surface area contributed by atoms with Crippen molar-refractivity contribution in [2.75, 3.05) is 13.2 Å². The number of carbonyl (C=O) groups excluding carboxylic acids is 1. The highest BCUT2D eigenvalue weighted by Gasteiger charge is 2.19. The maximum Gasteiger partial charge on any atom is 0.269 e. The number of non-ortho nitro benzene ring substituents is 1. The number of hydrogen-bond donors (Lipinski definition) is 0. The topological polar surface area (TPSA) is 87.9 Å². The average molecular weight is 401 g/mol. The molecular weight excluding hydrogens is 374 g/mol. The zero-order valence-electron chi connectivity index (χ0n) is 17.1. The van der Waals surface area contributed by atoms with E-state index in [2.05, 4.69) is 13.8 Å². The number of ether oxygens (including phenoxy) is 3. The second kappa shape index (κ2) is 11.0. The fraction of sp³-hybridized carbons (Fsp3) is 0.409. The van der Waals surface area contributed by atoms with Gasteiger partial charge in [0, 0.05) is 24.3 Å². The van der Waals surface area contributed by atoms with Crippen molar-refractivity contribution in [3.05, 3.63) is 52.1 Å². The second-order valence-corrected chi connectivity index (χ2v) is 6.61. The summed E-state index contributed by atoms with van der Waals surface area (Å²) in [7, 11) is 0. The van der Waals surface area contributed by atoms with Gasteiger partial charge in [-0.25, -0.2) is 0 Å². The van der Waals surface area contributed by atoms with Crippen molar-refractivity contribution >= 4 is 11.5 Å². The van der Waals surface area contributed by atoms with Crippen LogP contribution in [0.2, 0.25) is 0 Å². The summed E-state index contributed by atoms with van der Waals surface area (Å²) in [5.74, 6) is 1.44. The third-order valence-corrected chi connectivity index (χ3v) is 4.19. The fourth-order valence-corrected chi connectivity index (χ4v) is 2.61. The first-order valence-electron chi connectivity index (χ1n) is 9.83. The Morgan fingerprint density at radius 3 is 2.07 bits per heavy atom. The molecule has 0 aliphatic heterocycles. The molecule has 0 bridgehead atoms. The van der Waals surface area contributed by atoms with Crippen LogP contribution in [0.25, 0.3) is 0 Å². The minimum Gasteiger partial charge on any atom is -0.493 e. The summed E-state index contributed by atoms with van der Waals surface area (Å²) >= 11 is 0. The number of nitro benzene ring substituents is 1. The van der Waals surface area contributed by atoms with Gasteiger partial charge in [-0.3, -0.25) is 14.9 Å². The lowest BCUT2D eigenvalue weighted by atomic mass is 10.1. The Morgan fingerprint density at radius 2 is 1.52 bits per heavy atom. The molecule has 0 fully saturated rings. The summed E-state index contributed by atoms with van der Waals surface area (Å²) in [5, 5.41) is 10.8. The molecule has 0 saturated heterocycles. The largest absolute Gasteiger partial charge is 0.493 e. The molecule has 7 heteroatoms. The number of unbranched alkanes of at least 4 members (excludes halogenated alkanes) is 2. The SMILES string of the molecule is CCCCOc1cc(OCCCC)c(C(C)=O)c(Oc2ccc([N+](=O)[O-])cc2)c1. The highest BCUT2D eigenvalue weighted by Crippen LogP contribution is 2.37. The van der Waals surface area contributed by atoms with E-state index in [1.165, 1.54) is 31.2 Å². The third-order valence-electron chi connectivity index (χ3n) is 4.19. The van der Waals surface area contributed by atoms with E-state index in [1.54, 1.807) is 12.1 Å². The Bertz CT molecular complexity index is 832. The lowest BCUT2D eigenvalue weighted by molar-refractivity contribution is -0.384. The van der Waals surface area contributed by atoms with E-state index in [4.69, 9.17) is 14.2 Å². The molecule has 0 amide bonds. The maximum absolute atomic E-state index is 12.3. The number of rotatable bonds is 12. The van der Waals surface area contributed by atoms with Crippen LogP contribution in [0.4, 0.5) is 5.69 Å². The van der Waals surface area contributed by atoms with E-state index >= 15 is 0 Å². The minimum atomic E-state index is -0.480. The Kier molecular flexibility index (Phi) is 8.45. The molecule has 0 spiro atoms. The van der Waals surface area contributed by atoms with Crippen LogP contribution in [0.15, 0.2) is 36.4 Å². The quantitative estimate of drug-likeness (QED) is 0.189. The Balaban J connectivity index is 2.39. The summed E-state index contributed by atoms with van der Waals surface area (Å²) in [6.45, 7) is 6.60. The van der Waals surface area contributed by atoms with Crippen LogP contribution in [0, 0.1) is 10.1 Å². The first kappa shape index (κ1) is 22.2. The molecule has 7 nitrogen and oxygen atoms in total. The number of ketones is 1. The van der Waals surface area contributed by atoms with Gasteiger partial charge in [0.05, 0.1) is 18.1 Å². The molecule has 29 heavy (non-hydrogen) atoms. The average Bonchev–Trinajstić information content (AvgIpc) is 2.68. The van der Waals surface area contributed by atoms with Gasteiger partial charge in [0.25, 0.3) is 5.69 Å². The van der Waals surface area contributed by atoms with Crippen LogP contribution in [-0.4, -0.2) is 23.9 Å². The predicted octanol–water partition coefficient (Wildman–Crippen LogP) is 5.95. The standard InChI is InChI=1S/C22H27NO6/c1-4-6-12-27-19-14-20(28-13-7-5-2)22(16(3)24)21(15-19)29-18-10-8-17(9-11-18)23(25)26/h8-11,14-15H,4-7,12-13H2,1-3H3. The van der Waals surface area contributed by atoms with Crippen molar-refractivity contribution in [1.82, 2.24) is 0 Å². The lowest BCUT2D eigenvalue weighted by Gasteiger charge is -2.17. The second-order valence-electron chi connectivity index (χ2n) is 6.61. The van der Waals surface area contributed by atoms with Crippen LogP contribution >= 0.6 is 0 Å². The van der Waals surface area contributed by atoms with Crippen LogP contribution in [0.3, 0.4) is 0 Å². The zero-order chi connectivity index (χ0) is 21.2. The zero-order valence-corrected chi connectivity index (χ0v) is 17.1. The van der Waals surface area contributed by atoms with E-state index in [1.807, 2.05) is 0 Å². The lowest BCUT2D eigenvalue weighted by Crippen LogP contribution is -2.06. The van der Waals surface area contributed by atoms with Gasteiger partial charge >= 0.3 is 0 Å². The van der Waals surface area contributed by atoms with E-state index in [-0.39, 0.29) is 11.5 Å². The number of carbonyl (C=O) groups is 1. The van der Waals surface area contributed by atoms with Crippen molar-refractivity contribution in [2.45, 2.75) is 46.5 Å². The normalized spacial score (nSPS) is 10.4. The Hall–Kier alpha value is -3.09. The highest BCUT2D eigenvalue weighted by atomic mass is 16.6. The van der Waals surface area contributed by atoms with Gasteiger partial charge in [-0.2, -0.15) is 0 Å². The molecule has 0 heterocycles. The van der Waals surface area contributed by atoms with Crippen LogP contribution in [0.1, 0.15) is 56.8 Å². The summed E-state index contributed by atoms with van der Waals surface area (Å²) < 4.78 is 17.5. The Morgan fingerprint density at radius 1 is 0.931 bits per heavy atom. The van der Waals surface area contributed by atoms with E-state index in [0.29, 0.717) is 41.8 Å². The van der Waals surface area contributed by atoms with Crippen molar-refractivity contribution in [1.29, 1.82) is 0 Å². The predicted molar refractivity (Wildman–Crippen MR) is 110 cm³/mol. The molecule has 0 aliphatic carbocycles. The Labute approximate surface area is 170 Å². The van der Waals surface area contributed by atoms with Crippen molar-refractivity contribution in [3.63, 3.8) is 0 Å². The van der Waals surface area contributed by atoms with Crippen LogP contribution < -0.4 is 14.2 Å². The van der Waals surface area contributed by atoms with Gasteiger partial charge in [-0.1, -0.05) is 26.7 Å². The fourth-order valence-electron chi connectivity index (χ4n) is 2.61. The molecule has 0 radical (unpaired) electrons. The molecule has 2 aromatic rings. The summed E-state index contributed by atoms with van der Waals surface area (Å²) in [5.41, 5.74) is 0.284. The molecule has 156 valence electrons. The van der Waals surface area contributed by atoms with Gasteiger partial charge in [-0.05, 0) is 31.9 Å². The van der Waals surface area contributed by atoms with Crippen molar-refractivity contribution in [2.24, 2.45) is 0 Å². The van der Waals surface area contributed by atoms with Gasteiger partial charge < -0.3 is 14.2 Å². The molecule has 0 aromatic heterocycles. The van der Waals surface area contributed by atoms with Gasteiger partial charge in [0.1, 0.15) is 28.6 Å². The highest BCUT2D eigenvalue weighted by molar-refractivity contribution is 6.00.